The zero-order valence-corrected chi connectivity index (χ0v) is 16.8. The molecular weight excluding hydrogens is 425 g/mol. The summed E-state index contributed by atoms with van der Waals surface area (Å²) in [6.45, 7) is 3.01. The van der Waals surface area contributed by atoms with Gasteiger partial charge in [0.05, 0.1) is 11.5 Å². The fraction of sp³-hybridized carbons (Fsp3) is 0.562. The van der Waals surface area contributed by atoms with Crippen LogP contribution >= 0.6 is 24.0 Å². The van der Waals surface area contributed by atoms with Gasteiger partial charge in [-0.05, 0) is 24.3 Å². The van der Waals surface area contributed by atoms with E-state index in [0.29, 0.717) is 18.3 Å². The summed E-state index contributed by atoms with van der Waals surface area (Å²) in [7, 11) is -1.16. The highest BCUT2D eigenvalue weighted by Gasteiger charge is 2.28. The fourth-order valence-corrected chi connectivity index (χ4v) is 4.33. The summed E-state index contributed by atoms with van der Waals surface area (Å²) in [5.41, 5.74) is 1.33. The number of halogens is 1. The van der Waals surface area contributed by atoms with Crippen LogP contribution in [0.2, 0.25) is 0 Å². The van der Waals surface area contributed by atoms with E-state index in [2.05, 4.69) is 46.8 Å². The SMILES string of the molecule is CN=C(NCCC(C)c1ccccc1)NC1CCS(=O)(=O)C1.I. The van der Waals surface area contributed by atoms with Crippen LogP contribution in [0.4, 0.5) is 0 Å². The standard InChI is InChI=1S/C16H25N3O2S.HI/c1-13(14-6-4-3-5-7-14)8-10-18-16(17-2)19-15-9-11-22(20,21)12-15;/h3-7,13,15H,8-12H2,1-2H3,(H2,17,18,19);1H. The molecule has 0 radical (unpaired) electrons. The first-order chi connectivity index (χ1) is 10.5. The van der Waals surface area contributed by atoms with Gasteiger partial charge in [0, 0.05) is 19.6 Å². The minimum Gasteiger partial charge on any atom is -0.356 e. The summed E-state index contributed by atoms with van der Waals surface area (Å²) in [6, 6.07) is 10.4. The van der Waals surface area contributed by atoms with Crippen molar-refractivity contribution >= 4 is 39.8 Å². The van der Waals surface area contributed by atoms with Crippen LogP contribution < -0.4 is 10.6 Å². The van der Waals surface area contributed by atoms with E-state index < -0.39 is 9.84 Å². The van der Waals surface area contributed by atoms with Crippen LogP contribution in [0.3, 0.4) is 0 Å². The van der Waals surface area contributed by atoms with Crippen LogP contribution in [0.5, 0.6) is 0 Å². The molecule has 2 N–H and O–H groups in total. The number of guanidine groups is 1. The number of benzene rings is 1. The molecule has 0 bridgehead atoms. The molecule has 1 heterocycles. The lowest BCUT2D eigenvalue weighted by atomic mass is 9.98. The Bertz CT molecular complexity index is 605. The summed E-state index contributed by atoms with van der Waals surface area (Å²) in [5.74, 6) is 1.63. The van der Waals surface area contributed by atoms with Crippen LogP contribution in [0.1, 0.15) is 31.2 Å². The van der Waals surface area contributed by atoms with Crippen LogP contribution in [-0.2, 0) is 9.84 Å². The van der Waals surface area contributed by atoms with E-state index in [1.54, 1.807) is 7.05 Å². The van der Waals surface area contributed by atoms with Crippen molar-refractivity contribution in [1.82, 2.24) is 10.6 Å². The molecule has 1 saturated heterocycles. The number of hydrogen-bond donors (Lipinski definition) is 2. The molecule has 1 aromatic rings. The van der Waals surface area contributed by atoms with Crippen molar-refractivity contribution in [3.05, 3.63) is 35.9 Å². The van der Waals surface area contributed by atoms with E-state index in [0.717, 1.165) is 13.0 Å². The van der Waals surface area contributed by atoms with Crippen molar-refractivity contribution in [2.75, 3.05) is 25.1 Å². The Balaban J connectivity index is 0.00000264. The van der Waals surface area contributed by atoms with Gasteiger partial charge >= 0.3 is 0 Å². The molecule has 5 nitrogen and oxygen atoms in total. The van der Waals surface area contributed by atoms with E-state index in [9.17, 15) is 8.42 Å². The number of aliphatic imine (C=N–C) groups is 1. The number of rotatable bonds is 5. The summed E-state index contributed by atoms with van der Waals surface area (Å²) in [6.07, 6.45) is 1.65. The van der Waals surface area contributed by atoms with Gasteiger partial charge in [-0.15, -0.1) is 24.0 Å². The van der Waals surface area contributed by atoms with Crippen LogP contribution in [0, 0.1) is 0 Å². The second kappa shape index (κ2) is 9.46. The zero-order chi connectivity index (χ0) is 16.0. The smallest absolute Gasteiger partial charge is 0.191 e. The molecule has 0 aromatic heterocycles. The first-order valence-corrected chi connectivity index (χ1v) is 9.55. The summed E-state index contributed by atoms with van der Waals surface area (Å²) in [4.78, 5) is 4.17. The van der Waals surface area contributed by atoms with E-state index in [4.69, 9.17) is 0 Å². The fourth-order valence-electron chi connectivity index (χ4n) is 2.65. The number of sulfone groups is 1. The Hall–Kier alpha value is -0.830. The average Bonchev–Trinajstić information content (AvgIpc) is 2.85. The third-order valence-electron chi connectivity index (χ3n) is 4.04. The Morgan fingerprint density at radius 3 is 2.61 bits per heavy atom. The van der Waals surface area contributed by atoms with Crippen LogP contribution in [0.25, 0.3) is 0 Å². The second-order valence-corrected chi connectivity index (χ2v) is 8.07. The first-order valence-electron chi connectivity index (χ1n) is 7.73. The Labute approximate surface area is 156 Å². The maximum atomic E-state index is 11.5. The van der Waals surface area contributed by atoms with Crippen molar-refractivity contribution in [2.45, 2.75) is 31.7 Å². The Kier molecular flexibility index (Phi) is 8.32. The second-order valence-electron chi connectivity index (χ2n) is 5.84. The molecular formula is C16H26IN3O2S. The molecule has 1 aliphatic heterocycles. The van der Waals surface area contributed by atoms with Crippen molar-refractivity contribution in [3.8, 4) is 0 Å². The molecule has 23 heavy (non-hydrogen) atoms. The van der Waals surface area contributed by atoms with Gasteiger partial charge < -0.3 is 10.6 Å². The highest BCUT2D eigenvalue weighted by molar-refractivity contribution is 14.0. The lowest BCUT2D eigenvalue weighted by molar-refractivity contribution is 0.599. The molecule has 0 spiro atoms. The van der Waals surface area contributed by atoms with Gasteiger partial charge in [0.2, 0.25) is 0 Å². The molecule has 1 aliphatic rings. The molecule has 2 rings (SSSR count). The van der Waals surface area contributed by atoms with E-state index >= 15 is 0 Å². The van der Waals surface area contributed by atoms with Gasteiger partial charge in [0.25, 0.3) is 0 Å². The summed E-state index contributed by atoms with van der Waals surface area (Å²) in [5, 5.41) is 6.46. The average molecular weight is 451 g/mol. The maximum Gasteiger partial charge on any atom is 0.191 e. The lowest BCUT2D eigenvalue weighted by Gasteiger charge is -2.17. The summed E-state index contributed by atoms with van der Waals surface area (Å²) < 4.78 is 22.9. The molecule has 2 atom stereocenters. The predicted octanol–water partition coefficient (Wildman–Crippen LogP) is 2.15. The molecule has 130 valence electrons. The number of hydrogen-bond acceptors (Lipinski definition) is 3. The predicted molar refractivity (Wildman–Crippen MR) is 106 cm³/mol. The van der Waals surface area contributed by atoms with E-state index in [-0.39, 0.29) is 41.5 Å². The monoisotopic (exact) mass is 451 g/mol. The first kappa shape index (κ1) is 20.2. The normalized spacial score (nSPS) is 21.3. The minimum absolute atomic E-state index is 0. The van der Waals surface area contributed by atoms with Gasteiger partial charge in [-0.2, -0.15) is 0 Å². The molecule has 2 unspecified atom stereocenters. The molecule has 0 saturated carbocycles. The quantitative estimate of drug-likeness (QED) is 0.409. The zero-order valence-electron chi connectivity index (χ0n) is 13.7. The number of nitrogens with zero attached hydrogens (tertiary/aromatic N) is 1. The lowest BCUT2D eigenvalue weighted by Crippen LogP contribution is -2.44. The van der Waals surface area contributed by atoms with Crippen molar-refractivity contribution < 1.29 is 8.42 Å². The third-order valence-corrected chi connectivity index (χ3v) is 5.80. The van der Waals surface area contributed by atoms with E-state index in [1.165, 1.54) is 5.56 Å². The van der Waals surface area contributed by atoms with E-state index in [1.807, 2.05) is 6.07 Å². The molecule has 0 aliphatic carbocycles. The largest absolute Gasteiger partial charge is 0.356 e. The van der Waals surface area contributed by atoms with Gasteiger partial charge in [-0.1, -0.05) is 37.3 Å². The Morgan fingerprint density at radius 2 is 2.04 bits per heavy atom. The highest BCUT2D eigenvalue weighted by Crippen LogP contribution is 2.17. The van der Waals surface area contributed by atoms with Crippen molar-refractivity contribution in [2.24, 2.45) is 4.99 Å². The van der Waals surface area contributed by atoms with Crippen LogP contribution in [0.15, 0.2) is 35.3 Å². The third kappa shape index (κ3) is 6.66. The minimum atomic E-state index is -2.86. The topological polar surface area (TPSA) is 70.6 Å². The van der Waals surface area contributed by atoms with Gasteiger partial charge in [-0.25, -0.2) is 8.42 Å². The molecule has 0 amide bonds. The highest BCUT2D eigenvalue weighted by atomic mass is 127. The van der Waals surface area contributed by atoms with Crippen molar-refractivity contribution in [3.63, 3.8) is 0 Å². The van der Waals surface area contributed by atoms with Gasteiger partial charge in [0.15, 0.2) is 15.8 Å². The number of nitrogens with one attached hydrogen (secondary N) is 2. The van der Waals surface area contributed by atoms with Gasteiger partial charge in [-0.3, -0.25) is 4.99 Å². The molecule has 1 fully saturated rings. The summed E-state index contributed by atoms with van der Waals surface area (Å²) >= 11 is 0. The Morgan fingerprint density at radius 1 is 1.35 bits per heavy atom. The van der Waals surface area contributed by atoms with Crippen molar-refractivity contribution in [1.29, 1.82) is 0 Å². The van der Waals surface area contributed by atoms with Gasteiger partial charge in [0.1, 0.15) is 0 Å². The maximum absolute atomic E-state index is 11.5. The molecule has 1 aromatic carbocycles. The molecule has 7 heteroatoms. The van der Waals surface area contributed by atoms with Crippen LogP contribution in [-0.4, -0.2) is 45.5 Å².